The first-order valence-corrected chi connectivity index (χ1v) is 18.2. The second-order valence-corrected chi connectivity index (χ2v) is 14.8. The number of aryl methyl sites for hydroxylation is 1. The molecular formula is C48H50N2. The number of piperidine rings is 1. The van der Waals surface area contributed by atoms with Gasteiger partial charge in [0.1, 0.15) is 0 Å². The highest BCUT2D eigenvalue weighted by Gasteiger charge is 2.37. The minimum absolute atomic E-state index is 0.0128. The van der Waals surface area contributed by atoms with Crippen LogP contribution in [0.15, 0.2) is 146 Å². The second kappa shape index (κ2) is 14.6. The zero-order chi connectivity index (χ0) is 34.7. The van der Waals surface area contributed by atoms with Gasteiger partial charge in [-0.1, -0.05) is 158 Å². The fourth-order valence-corrected chi connectivity index (χ4v) is 7.82. The summed E-state index contributed by atoms with van der Waals surface area (Å²) in [5, 5.41) is 0. The van der Waals surface area contributed by atoms with Crippen LogP contribution in [0.2, 0.25) is 0 Å². The molecule has 0 aliphatic carbocycles. The smallest absolute Gasteiger partial charge is 0.0227 e. The average molecular weight is 655 g/mol. The highest BCUT2D eigenvalue weighted by molar-refractivity contribution is 5.72. The highest BCUT2D eigenvalue weighted by atomic mass is 15.1. The van der Waals surface area contributed by atoms with Gasteiger partial charge in [0.25, 0.3) is 0 Å². The third kappa shape index (κ3) is 7.24. The van der Waals surface area contributed by atoms with E-state index in [0.29, 0.717) is 5.92 Å². The summed E-state index contributed by atoms with van der Waals surface area (Å²) in [6.07, 6.45) is 2.24. The number of likely N-dealkylation sites (N-methyl/N-ethyl adjacent to an activating group) is 1. The lowest BCUT2D eigenvalue weighted by molar-refractivity contribution is 0.213. The highest BCUT2D eigenvalue weighted by Crippen LogP contribution is 2.43. The number of nitrogens with zero attached hydrogens (tertiary/aromatic N) is 2. The number of likely N-dealkylation sites (tertiary alicyclic amines) is 1. The summed E-state index contributed by atoms with van der Waals surface area (Å²) in [6, 6.07) is 54.8. The van der Waals surface area contributed by atoms with Crippen LogP contribution in [-0.2, 0) is 5.41 Å². The lowest BCUT2D eigenvalue weighted by atomic mass is 9.68. The van der Waals surface area contributed by atoms with Crippen molar-refractivity contribution in [2.24, 2.45) is 0 Å². The molecule has 0 N–H and O–H groups in total. The molecule has 1 heterocycles. The van der Waals surface area contributed by atoms with Crippen molar-refractivity contribution in [1.29, 1.82) is 0 Å². The zero-order valence-corrected chi connectivity index (χ0v) is 30.4. The van der Waals surface area contributed by atoms with Crippen LogP contribution < -0.4 is 0 Å². The first-order valence-electron chi connectivity index (χ1n) is 18.2. The Bertz CT molecular complexity index is 1980. The molecule has 50 heavy (non-hydrogen) atoms. The van der Waals surface area contributed by atoms with Crippen LogP contribution in [0.3, 0.4) is 0 Å². The van der Waals surface area contributed by atoms with Gasteiger partial charge in [-0.25, -0.2) is 0 Å². The third-order valence-corrected chi connectivity index (χ3v) is 11.0. The Morgan fingerprint density at radius 2 is 0.800 bits per heavy atom. The van der Waals surface area contributed by atoms with Crippen molar-refractivity contribution in [3.63, 3.8) is 0 Å². The number of benzene rings is 6. The van der Waals surface area contributed by atoms with Gasteiger partial charge in [-0.2, -0.15) is 0 Å². The molecule has 2 heteroatoms. The molecule has 6 aromatic carbocycles. The van der Waals surface area contributed by atoms with Gasteiger partial charge < -0.3 is 9.80 Å². The Hall–Kier alpha value is -4.76. The lowest BCUT2D eigenvalue weighted by Crippen LogP contribution is -2.41. The Morgan fingerprint density at radius 1 is 0.500 bits per heavy atom. The maximum absolute atomic E-state index is 2.47. The number of hydrogen-bond donors (Lipinski definition) is 0. The molecule has 0 aromatic heterocycles. The van der Waals surface area contributed by atoms with Crippen LogP contribution in [-0.4, -0.2) is 50.6 Å². The Kier molecular flexibility index (Phi) is 9.85. The van der Waals surface area contributed by atoms with Gasteiger partial charge >= 0.3 is 0 Å². The van der Waals surface area contributed by atoms with E-state index in [1.54, 1.807) is 0 Å². The predicted octanol–water partition coefficient (Wildman–Crippen LogP) is 11.3. The minimum atomic E-state index is 0.0128. The SMILES string of the molecule is Cc1ccc(-c2ccc(-c3ccc(C4(c5ccc(-c6ccc(-c7ccc(C(C)CN(C)C)cc7)cc6)cc5)CCN(C)CC4)cc3)cc2)cc1. The molecule has 0 saturated carbocycles. The third-order valence-electron chi connectivity index (χ3n) is 11.0. The van der Waals surface area contributed by atoms with Gasteiger partial charge in [-0.15, -0.1) is 0 Å². The summed E-state index contributed by atoms with van der Waals surface area (Å²) < 4.78 is 0. The van der Waals surface area contributed by atoms with Crippen LogP contribution in [0, 0.1) is 6.92 Å². The van der Waals surface area contributed by atoms with Crippen molar-refractivity contribution in [3.05, 3.63) is 168 Å². The summed E-state index contributed by atoms with van der Waals surface area (Å²) in [5.74, 6) is 0.519. The standard InChI is InChI=1S/C48H50N2/c1-35-6-8-38(9-7-35)40-14-18-42(19-15-40)44-22-26-46(27-23-44)48(30-32-50(5)33-31-48)47-28-24-45(25-29-47)43-20-16-41(17-21-43)39-12-10-37(11-13-39)36(2)34-49(3)4/h6-29,36H,30-34H2,1-5H3. The van der Waals surface area contributed by atoms with E-state index in [0.717, 1.165) is 32.5 Å². The van der Waals surface area contributed by atoms with Crippen molar-refractivity contribution in [3.8, 4) is 44.5 Å². The quantitative estimate of drug-likeness (QED) is 0.153. The van der Waals surface area contributed by atoms with Crippen molar-refractivity contribution in [2.45, 2.75) is 38.0 Å². The van der Waals surface area contributed by atoms with Crippen LogP contribution >= 0.6 is 0 Å². The van der Waals surface area contributed by atoms with E-state index in [1.165, 1.54) is 66.8 Å². The zero-order valence-electron chi connectivity index (χ0n) is 30.4. The molecule has 6 aromatic rings. The first kappa shape index (κ1) is 33.7. The van der Waals surface area contributed by atoms with Gasteiger partial charge in [0.05, 0.1) is 0 Å². The Morgan fingerprint density at radius 3 is 1.14 bits per heavy atom. The molecule has 1 atom stereocenters. The minimum Gasteiger partial charge on any atom is -0.309 e. The van der Waals surface area contributed by atoms with Gasteiger partial charge in [0.2, 0.25) is 0 Å². The maximum Gasteiger partial charge on any atom is 0.0227 e. The lowest BCUT2D eigenvalue weighted by Gasteiger charge is -2.42. The molecule has 0 amide bonds. The summed E-state index contributed by atoms with van der Waals surface area (Å²) >= 11 is 0. The fraction of sp³-hybridized carbons (Fsp3) is 0.250. The van der Waals surface area contributed by atoms with Gasteiger partial charge in [-0.3, -0.25) is 0 Å². The molecule has 252 valence electrons. The van der Waals surface area contributed by atoms with Crippen LogP contribution in [0.25, 0.3) is 44.5 Å². The molecule has 1 aliphatic heterocycles. The van der Waals surface area contributed by atoms with Crippen LogP contribution in [0.5, 0.6) is 0 Å². The van der Waals surface area contributed by atoms with E-state index in [2.05, 4.69) is 190 Å². The topological polar surface area (TPSA) is 6.48 Å². The summed E-state index contributed by atoms with van der Waals surface area (Å²) in [7, 11) is 6.53. The van der Waals surface area contributed by atoms with E-state index in [9.17, 15) is 0 Å². The van der Waals surface area contributed by atoms with Gasteiger partial charge in [0.15, 0.2) is 0 Å². The molecule has 0 spiro atoms. The second-order valence-electron chi connectivity index (χ2n) is 14.8. The van der Waals surface area contributed by atoms with Crippen molar-refractivity contribution < 1.29 is 0 Å². The van der Waals surface area contributed by atoms with Crippen molar-refractivity contribution in [2.75, 3.05) is 40.8 Å². The normalized spacial score (nSPS) is 15.2. The molecule has 1 fully saturated rings. The molecule has 0 bridgehead atoms. The summed E-state index contributed by atoms with van der Waals surface area (Å²) in [6.45, 7) is 7.69. The predicted molar refractivity (Wildman–Crippen MR) is 214 cm³/mol. The molecular weight excluding hydrogens is 605 g/mol. The van der Waals surface area contributed by atoms with Crippen LogP contribution in [0.4, 0.5) is 0 Å². The molecule has 7 rings (SSSR count). The van der Waals surface area contributed by atoms with Crippen molar-refractivity contribution in [1.82, 2.24) is 9.80 Å². The number of hydrogen-bond acceptors (Lipinski definition) is 2. The van der Waals surface area contributed by atoms with Gasteiger partial charge in [0, 0.05) is 12.0 Å². The molecule has 1 saturated heterocycles. The molecule has 1 aliphatic rings. The maximum atomic E-state index is 2.47. The Labute approximate surface area is 300 Å². The van der Waals surface area contributed by atoms with E-state index >= 15 is 0 Å². The number of rotatable bonds is 9. The van der Waals surface area contributed by atoms with E-state index in [1.807, 2.05) is 0 Å². The largest absolute Gasteiger partial charge is 0.309 e. The van der Waals surface area contributed by atoms with Crippen LogP contribution in [0.1, 0.15) is 47.9 Å². The van der Waals surface area contributed by atoms with E-state index < -0.39 is 0 Å². The average Bonchev–Trinajstić information content (AvgIpc) is 3.16. The van der Waals surface area contributed by atoms with Gasteiger partial charge in [-0.05, 0) is 121 Å². The summed E-state index contributed by atoms with van der Waals surface area (Å²) in [5.41, 5.74) is 15.6. The van der Waals surface area contributed by atoms with Crippen molar-refractivity contribution >= 4 is 0 Å². The monoisotopic (exact) mass is 654 g/mol. The molecule has 0 radical (unpaired) electrons. The molecule has 1 unspecified atom stereocenters. The fourth-order valence-electron chi connectivity index (χ4n) is 7.82. The molecule has 2 nitrogen and oxygen atoms in total. The first-order chi connectivity index (χ1) is 24.3. The van der Waals surface area contributed by atoms with E-state index in [-0.39, 0.29) is 5.41 Å². The van der Waals surface area contributed by atoms with E-state index in [4.69, 9.17) is 0 Å². The summed E-state index contributed by atoms with van der Waals surface area (Å²) in [4.78, 5) is 4.72. The Balaban J connectivity index is 1.09.